The smallest absolute Gasteiger partial charge is 0.490 e. The van der Waals surface area contributed by atoms with E-state index < -0.39 is 17.6 Å². The van der Waals surface area contributed by atoms with Crippen molar-refractivity contribution in [2.24, 2.45) is 0 Å². The van der Waals surface area contributed by atoms with E-state index in [4.69, 9.17) is 19.4 Å². The largest absolute Gasteiger partial charge is 0.497 e. The first-order valence-corrected chi connectivity index (χ1v) is 13.8. The van der Waals surface area contributed by atoms with Crippen LogP contribution in [-0.2, 0) is 26.3 Å². The number of aliphatic carboxylic acids is 1. The van der Waals surface area contributed by atoms with E-state index in [0.717, 1.165) is 84.0 Å². The molecule has 1 aromatic heterocycles. The van der Waals surface area contributed by atoms with E-state index in [9.17, 15) is 18.0 Å². The van der Waals surface area contributed by atoms with Crippen LogP contribution in [0.25, 0.3) is 22.2 Å². The van der Waals surface area contributed by atoms with Gasteiger partial charge in [0.25, 0.3) is 0 Å². The lowest BCUT2D eigenvalue weighted by molar-refractivity contribution is -0.192. The second-order valence-corrected chi connectivity index (χ2v) is 10.9. The summed E-state index contributed by atoms with van der Waals surface area (Å²) in [5.41, 5.74) is 6.93. The number of anilines is 1. The predicted molar refractivity (Wildman–Crippen MR) is 152 cm³/mol. The molecule has 1 saturated heterocycles. The Kier molecular flexibility index (Phi) is 7.35. The summed E-state index contributed by atoms with van der Waals surface area (Å²) in [5.74, 6) is -1.76. The summed E-state index contributed by atoms with van der Waals surface area (Å²) in [6.07, 6.45) is -4.28. The second kappa shape index (κ2) is 11.0. The fourth-order valence-electron chi connectivity index (χ4n) is 6.01. The van der Waals surface area contributed by atoms with Gasteiger partial charge in [0.1, 0.15) is 5.75 Å². The lowest BCUT2D eigenvalue weighted by Crippen LogP contribution is -2.35. The first-order chi connectivity index (χ1) is 20.6. The zero-order chi connectivity index (χ0) is 30.4. The maximum absolute atomic E-state index is 13.0. The molecule has 2 atom stereocenters. The number of amides is 1. The molecule has 1 amide bonds. The van der Waals surface area contributed by atoms with Crippen LogP contribution in [0, 0.1) is 0 Å². The molecule has 3 aliphatic rings. The van der Waals surface area contributed by atoms with E-state index in [1.807, 2.05) is 18.2 Å². The molecule has 1 spiro atoms. The van der Waals surface area contributed by atoms with Crippen LogP contribution in [0.4, 0.5) is 18.9 Å². The number of nitrogens with zero attached hydrogens (tertiary/aromatic N) is 2. The van der Waals surface area contributed by atoms with E-state index in [1.54, 1.807) is 7.11 Å². The number of morpholine rings is 1. The Bertz CT molecular complexity index is 1700. The summed E-state index contributed by atoms with van der Waals surface area (Å²) in [7, 11) is 1.66. The van der Waals surface area contributed by atoms with Crippen LogP contribution in [0.5, 0.6) is 5.75 Å². The number of carbonyl (C=O) groups excluding carboxylic acids is 1. The molecule has 3 N–H and O–H groups in total. The third-order valence-corrected chi connectivity index (χ3v) is 8.26. The van der Waals surface area contributed by atoms with Crippen LogP contribution in [0.3, 0.4) is 0 Å². The summed E-state index contributed by atoms with van der Waals surface area (Å²) in [6.45, 7) is 4.46. The maximum Gasteiger partial charge on any atom is 0.490 e. The van der Waals surface area contributed by atoms with Crippen molar-refractivity contribution in [1.29, 1.82) is 0 Å². The van der Waals surface area contributed by atoms with E-state index in [-0.39, 0.29) is 11.8 Å². The van der Waals surface area contributed by atoms with Crippen molar-refractivity contribution < 1.29 is 37.3 Å². The highest BCUT2D eigenvalue weighted by molar-refractivity contribution is 6.10. The van der Waals surface area contributed by atoms with Crippen LogP contribution in [-0.4, -0.2) is 71.7 Å². The highest BCUT2D eigenvalue weighted by Gasteiger charge is 2.65. The molecule has 224 valence electrons. The topological polar surface area (TPSA) is 117 Å². The van der Waals surface area contributed by atoms with Crippen LogP contribution < -0.4 is 10.1 Å². The molecule has 3 aromatic carbocycles. The van der Waals surface area contributed by atoms with Crippen LogP contribution in [0.2, 0.25) is 0 Å². The summed E-state index contributed by atoms with van der Waals surface area (Å²) in [5, 5.41) is 19.2. The molecule has 1 saturated carbocycles. The second-order valence-electron chi connectivity index (χ2n) is 10.9. The quantitative estimate of drug-likeness (QED) is 0.295. The normalized spacial score (nSPS) is 21.2. The number of aromatic nitrogens is 2. The van der Waals surface area contributed by atoms with Crippen LogP contribution >= 0.6 is 0 Å². The number of carbonyl (C=O) groups is 2. The highest BCUT2D eigenvalue weighted by Crippen LogP contribution is 2.65. The first kappa shape index (κ1) is 28.7. The Hall–Kier alpha value is -4.42. The fourth-order valence-corrected chi connectivity index (χ4v) is 6.01. The molecule has 2 unspecified atom stereocenters. The van der Waals surface area contributed by atoms with E-state index in [0.29, 0.717) is 0 Å². The molecular formula is C31H29F3N4O5. The van der Waals surface area contributed by atoms with Gasteiger partial charge in [-0.15, -0.1) is 0 Å². The number of alkyl halides is 3. The van der Waals surface area contributed by atoms with E-state index >= 15 is 0 Å². The van der Waals surface area contributed by atoms with Gasteiger partial charge < -0.3 is 19.9 Å². The molecule has 1 aliphatic carbocycles. The average Bonchev–Trinajstić information content (AvgIpc) is 3.52. The number of rotatable bonds is 5. The number of fused-ring (bicyclic) bond motifs is 3. The van der Waals surface area contributed by atoms with Crippen molar-refractivity contribution in [3.8, 4) is 17.0 Å². The molecule has 2 aliphatic heterocycles. The molecule has 3 heterocycles. The summed E-state index contributed by atoms with van der Waals surface area (Å²) in [6, 6.07) is 20.9. The maximum atomic E-state index is 13.0. The first-order valence-electron chi connectivity index (χ1n) is 13.8. The Morgan fingerprint density at radius 1 is 1.14 bits per heavy atom. The number of halogens is 3. The lowest BCUT2D eigenvalue weighted by atomic mass is 9.91. The number of aromatic amines is 1. The van der Waals surface area contributed by atoms with Gasteiger partial charge in [-0.1, -0.05) is 30.3 Å². The van der Waals surface area contributed by atoms with Gasteiger partial charge in [-0.3, -0.25) is 14.8 Å². The molecule has 0 bridgehead atoms. The average molecular weight is 595 g/mol. The van der Waals surface area contributed by atoms with Gasteiger partial charge in [-0.05, 0) is 53.4 Å². The molecule has 2 fully saturated rings. The van der Waals surface area contributed by atoms with Gasteiger partial charge in [-0.2, -0.15) is 18.3 Å². The van der Waals surface area contributed by atoms with Crippen LogP contribution in [0.15, 0.2) is 60.7 Å². The van der Waals surface area contributed by atoms with E-state index in [1.165, 1.54) is 5.56 Å². The van der Waals surface area contributed by atoms with E-state index in [2.05, 4.69) is 62.9 Å². The van der Waals surface area contributed by atoms with Crippen LogP contribution in [0.1, 0.15) is 29.0 Å². The summed E-state index contributed by atoms with van der Waals surface area (Å²) in [4.78, 5) is 24.4. The number of hydrogen-bond donors (Lipinski definition) is 3. The monoisotopic (exact) mass is 594 g/mol. The Morgan fingerprint density at radius 3 is 2.63 bits per heavy atom. The number of H-pyrrole nitrogens is 1. The van der Waals surface area contributed by atoms with Gasteiger partial charge in [0.15, 0.2) is 0 Å². The van der Waals surface area contributed by atoms with Gasteiger partial charge in [0.2, 0.25) is 5.91 Å². The Balaban J connectivity index is 0.000000423. The van der Waals surface area contributed by atoms with Crippen molar-refractivity contribution >= 4 is 28.5 Å². The number of methoxy groups -OCH3 is 1. The summed E-state index contributed by atoms with van der Waals surface area (Å²) >= 11 is 0. The molecule has 4 aromatic rings. The van der Waals surface area contributed by atoms with Crippen molar-refractivity contribution in [2.45, 2.75) is 30.5 Å². The Labute approximate surface area is 244 Å². The molecular weight excluding hydrogens is 565 g/mol. The molecule has 9 nitrogen and oxygen atoms in total. The number of hydrogen-bond acceptors (Lipinski definition) is 6. The molecule has 12 heteroatoms. The van der Waals surface area contributed by atoms with Crippen molar-refractivity contribution in [2.75, 3.05) is 38.7 Å². The van der Waals surface area contributed by atoms with Gasteiger partial charge >= 0.3 is 12.1 Å². The third-order valence-electron chi connectivity index (χ3n) is 8.26. The number of benzene rings is 3. The number of ether oxygens (including phenoxy) is 2. The van der Waals surface area contributed by atoms with Gasteiger partial charge in [0.05, 0.1) is 36.9 Å². The highest BCUT2D eigenvalue weighted by atomic mass is 19.4. The molecule has 0 radical (unpaired) electrons. The van der Waals surface area contributed by atoms with Crippen molar-refractivity contribution in [3.63, 3.8) is 0 Å². The third kappa shape index (κ3) is 5.43. The fraction of sp³-hybridized carbons (Fsp3) is 0.323. The molecule has 7 rings (SSSR count). The van der Waals surface area contributed by atoms with Gasteiger partial charge in [-0.25, -0.2) is 4.79 Å². The predicted octanol–water partition coefficient (Wildman–Crippen LogP) is 5.08. The SMILES string of the molecule is COc1ccc2c(c1)C1(CC1c1ccc3c(-c4cccc(CN5CCOCC5)c4)n[nH]c3c1)C(=O)N2.O=C(O)C(F)(F)F. The summed E-state index contributed by atoms with van der Waals surface area (Å²) < 4.78 is 42.6. The number of carboxylic acids is 1. The zero-order valence-electron chi connectivity index (χ0n) is 23.2. The number of carboxylic acid groups (broad SMARTS) is 1. The van der Waals surface area contributed by atoms with Crippen molar-refractivity contribution in [3.05, 3.63) is 77.4 Å². The lowest BCUT2D eigenvalue weighted by Gasteiger charge is -2.26. The number of nitrogens with one attached hydrogen (secondary N) is 2. The van der Waals surface area contributed by atoms with Gasteiger partial charge in [0, 0.05) is 42.2 Å². The minimum absolute atomic E-state index is 0.0817. The minimum Gasteiger partial charge on any atom is -0.497 e. The standard InChI is InChI=1S/C29H28N4O3.C2HF3O2/c1-35-21-6-8-25-23(15-21)29(28(34)30-25)16-24(29)19-5-7-22-26(14-19)31-32-27(22)20-4-2-3-18(13-20)17-33-9-11-36-12-10-33;3-2(4,5)1(6)7/h2-8,13-15,24H,9-12,16-17H2,1H3,(H,30,34)(H,31,32);(H,6,7). The minimum atomic E-state index is -5.08. The Morgan fingerprint density at radius 2 is 1.91 bits per heavy atom. The molecule has 43 heavy (non-hydrogen) atoms. The zero-order valence-corrected chi connectivity index (χ0v) is 23.2. The van der Waals surface area contributed by atoms with Crippen molar-refractivity contribution in [1.82, 2.24) is 15.1 Å².